The van der Waals surface area contributed by atoms with E-state index in [-0.39, 0.29) is 0 Å². The normalized spacial score (nSPS) is 14.1. The third-order valence-corrected chi connectivity index (χ3v) is 3.91. The summed E-state index contributed by atoms with van der Waals surface area (Å²) in [5.74, 6) is 1.10. The zero-order valence-electron chi connectivity index (χ0n) is 12.3. The SMILES string of the molecule is CCc1nc2ccccc2n1CCCC(N)(C#N)CC. The number of rotatable bonds is 6. The zero-order valence-corrected chi connectivity index (χ0v) is 12.3. The van der Waals surface area contributed by atoms with Crippen molar-refractivity contribution in [1.29, 1.82) is 5.26 Å². The van der Waals surface area contributed by atoms with Crippen LogP contribution in [-0.4, -0.2) is 15.1 Å². The standard InChI is InChI=1S/C16H22N4/c1-3-15-19-13-8-5-6-9-14(13)20(15)11-7-10-16(18,4-2)12-17/h5-6,8-9H,3-4,7,10-11,18H2,1-2H3. The maximum atomic E-state index is 9.12. The molecule has 0 aliphatic rings. The van der Waals surface area contributed by atoms with Crippen molar-refractivity contribution in [2.24, 2.45) is 5.73 Å². The Morgan fingerprint density at radius 3 is 2.75 bits per heavy atom. The van der Waals surface area contributed by atoms with Gasteiger partial charge in [-0.25, -0.2) is 4.98 Å². The van der Waals surface area contributed by atoms with Gasteiger partial charge in [0.05, 0.1) is 17.1 Å². The second kappa shape index (κ2) is 6.06. The van der Waals surface area contributed by atoms with Crippen LogP contribution in [0.3, 0.4) is 0 Å². The molecule has 0 spiro atoms. The molecule has 1 aromatic heterocycles. The summed E-state index contributed by atoms with van der Waals surface area (Å²) in [7, 11) is 0. The highest BCUT2D eigenvalue weighted by molar-refractivity contribution is 5.75. The van der Waals surface area contributed by atoms with Crippen LogP contribution < -0.4 is 5.73 Å². The summed E-state index contributed by atoms with van der Waals surface area (Å²) in [5.41, 5.74) is 7.55. The molecule has 4 nitrogen and oxygen atoms in total. The monoisotopic (exact) mass is 270 g/mol. The van der Waals surface area contributed by atoms with Gasteiger partial charge in [-0.15, -0.1) is 0 Å². The van der Waals surface area contributed by atoms with Crippen LogP contribution in [0.15, 0.2) is 24.3 Å². The molecule has 0 aliphatic heterocycles. The van der Waals surface area contributed by atoms with Crippen LogP contribution in [0.2, 0.25) is 0 Å². The van der Waals surface area contributed by atoms with E-state index in [2.05, 4.69) is 28.6 Å². The second-order valence-electron chi connectivity index (χ2n) is 5.25. The average Bonchev–Trinajstić information content (AvgIpc) is 2.85. The first-order valence-electron chi connectivity index (χ1n) is 7.28. The Labute approximate surface area is 120 Å². The summed E-state index contributed by atoms with van der Waals surface area (Å²) in [6, 6.07) is 10.4. The molecule has 2 N–H and O–H groups in total. The second-order valence-corrected chi connectivity index (χ2v) is 5.25. The number of hydrogen-bond donors (Lipinski definition) is 1. The Hall–Kier alpha value is -1.86. The summed E-state index contributed by atoms with van der Waals surface area (Å²) < 4.78 is 2.25. The largest absolute Gasteiger partial charge is 0.328 e. The van der Waals surface area contributed by atoms with E-state index in [0.717, 1.165) is 37.1 Å². The number of hydrogen-bond acceptors (Lipinski definition) is 3. The van der Waals surface area contributed by atoms with Crippen molar-refractivity contribution in [2.45, 2.75) is 51.6 Å². The van der Waals surface area contributed by atoms with Gasteiger partial charge in [0, 0.05) is 13.0 Å². The van der Waals surface area contributed by atoms with Gasteiger partial charge < -0.3 is 10.3 Å². The van der Waals surface area contributed by atoms with E-state index in [1.165, 1.54) is 5.52 Å². The Kier molecular flexibility index (Phi) is 4.41. The minimum atomic E-state index is -0.692. The lowest BCUT2D eigenvalue weighted by Crippen LogP contribution is -2.37. The fourth-order valence-electron chi connectivity index (χ4n) is 2.51. The smallest absolute Gasteiger partial charge is 0.109 e. The predicted octanol–water partition coefficient (Wildman–Crippen LogP) is 3.01. The van der Waals surface area contributed by atoms with Gasteiger partial charge in [0.1, 0.15) is 11.4 Å². The highest BCUT2D eigenvalue weighted by Gasteiger charge is 2.21. The molecule has 0 amide bonds. The van der Waals surface area contributed by atoms with E-state index in [4.69, 9.17) is 11.0 Å². The van der Waals surface area contributed by atoms with Crippen LogP contribution >= 0.6 is 0 Å². The minimum absolute atomic E-state index is 0.689. The van der Waals surface area contributed by atoms with Gasteiger partial charge in [0.2, 0.25) is 0 Å². The van der Waals surface area contributed by atoms with Crippen LogP contribution in [0.1, 0.15) is 38.9 Å². The van der Waals surface area contributed by atoms with Crippen LogP contribution in [0.25, 0.3) is 11.0 Å². The van der Waals surface area contributed by atoms with Crippen molar-refractivity contribution in [3.8, 4) is 6.07 Å². The number of imidazole rings is 1. The Balaban J connectivity index is 2.16. The molecule has 1 unspecified atom stereocenters. The molecule has 1 heterocycles. The first kappa shape index (κ1) is 14.5. The van der Waals surface area contributed by atoms with E-state index in [0.29, 0.717) is 6.42 Å². The molecule has 20 heavy (non-hydrogen) atoms. The summed E-state index contributed by atoms with van der Waals surface area (Å²) in [6.07, 6.45) is 3.21. The van der Waals surface area contributed by atoms with Gasteiger partial charge in [-0.1, -0.05) is 26.0 Å². The Bertz CT molecular complexity index is 623. The number of nitrogens with two attached hydrogens (primary N) is 1. The fraction of sp³-hybridized carbons (Fsp3) is 0.500. The number of nitrogens with zero attached hydrogens (tertiary/aromatic N) is 3. The highest BCUT2D eigenvalue weighted by atomic mass is 15.1. The van der Waals surface area contributed by atoms with Crippen molar-refractivity contribution in [3.05, 3.63) is 30.1 Å². The first-order valence-corrected chi connectivity index (χ1v) is 7.28. The maximum absolute atomic E-state index is 9.12. The number of benzene rings is 1. The van der Waals surface area contributed by atoms with Crippen LogP contribution in [0.5, 0.6) is 0 Å². The van der Waals surface area contributed by atoms with Crippen molar-refractivity contribution in [1.82, 2.24) is 9.55 Å². The van der Waals surface area contributed by atoms with Crippen molar-refractivity contribution >= 4 is 11.0 Å². The van der Waals surface area contributed by atoms with Crippen LogP contribution in [-0.2, 0) is 13.0 Å². The minimum Gasteiger partial charge on any atom is -0.328 e. The molecule has 1 atom stereocenters. The molecule has 4 heteroatoms. The number of nitriles is 1. The average molecular weight is 270 g/mol. The van der Waals surface area contributed by atoms with Gasteiger partial charge >= 0.3 is 0 Å². The van der Waals surface area contributed by atoms with Gasteiger partial charge in [-0.2, -0.15) is 5.26 Å². The molecule has 0 radical (unpaired) electrons. The predicted molar refractivity (Wildman–Crippen MR) is 81.2 cm³/mol. The molecule has 0 saturated carbocycles. The molecule has 2 rings (SSSR count). The van der Waals surface area contributed by atoms with E-state index in [9.17, 15) is 0 Å². The highest BCUT2D eigenvalue weighted by Crippen LogP contribution is 2.19. The zero-order chi connectivity index (χ0) is 14.6. The van der Waals surface area contributed by atoms with Crippen molar-refractivity contribution in [3.63, 3.8) is 0 Å². The van der Waals surface area contributed by atoms with Crippen molar-refractivity contribution < 1.29 is 0 Å². The van der Waals surface area contributed by atoms with E-state index >= 15 is 0 Å². The van der Waals surface area contributed by atoms with E-state index in [1.807, 2.05) is 25.1 Å². The molecule has 1 aromatic carbocycles. The lowest BCUT2D eigenvalue weighted by Gasteiger charge is -2.19. The van der Waals surface area contributed by atoms with Gasteiger partial charge in [0.25, 0.3) is 0 Å². The Morgan fingerprint density at radius 1 is 1.35 bits per heavy atom. The molecular formula is C16H22N4. The lowest BCUT2D eigenvalue weighted by molar-refractivity contribution is 0.444. The van der Waals surface area contributed by atoms with E-state index < -0.39 is 5.54 Å². The Morgan fingerprint density at radius 2 is 2.10 bits per heavy atom. The van der Waals surface area contributed by atoms with Gasteiger partial charge in [-0.05, 0) is 31.4 Å². The van der Waals surface area contributed by atoms with Gasteiger partial charge in [-0.3, -0.25) is 0 Å². The molecular weight excluding hydrogens is 248 g/mol. The summed E-state index contributed by atoms with van der Waals surface area (Å²) in [4.78, 5) is 4.65. The summed E-state index contributed by atoms with van der Waals surface area (Å²) >= 11 is 0. The van der Waals surface area contributed by atoms with Gasteiger partial charge in [0.15, 0.2) is 0 Å². The maximum Gasteiger partial charge on any atom is 0.109 e. The van der Waals surface area contributed by atoms with Crippen LogP contribution in [0.4, 0.5) is 0 Å². The summed E-state index contributed by atoms with van der Waals surface area (Å²) in [6.45, 7) is 4.95. The molecule has 106 valence electrons. The first-order chi connectivity index (χ1) is 9.63. The third-order valence-electron chi connectivity index (χ3n) is 3.91. The number of para-hydroxylation sites is 2. The van der Waals surface area contributed by atoms with E-state index in [1.54, 1.807) is 0 Å². The summed E-state index contributed by atoms with van der Waals surface area (Å²) in [5, 5.41) is 9.12. The molecule has 2 aromatic rings. The number of aryl methyl sites for hydroxylation is 2. The fourth-order valence-corrected chi connectivity index (χ4v) is 2.51. The number of aromatic nitrogens is 2. The lowest BCUT2D eigenvalue weighted by atomic mass is 9.93. The van der Waals surface area contributed by atoms with Crippen LogP contribution in [0, 0.1) is 11.3 Å². The molecule has 0 fully saturated rings. The topological polar surface area (TPSA) is 67.6 Å². The quantitative estimate of drug-likeness (QED) is 0.877. The number of fused-ring (bicyclic) bond motifs is 1. The van der Waals surface area contributed by atoms with Crippen molar-refractivity contribution in [2.75, 3.05) is 0 Å². The molecule has 0 aliphatic carbocycles. The molecule has 0 bridgehead atoms. The third kappa shape index (κ3) is 2.83. The molecule has 0 saturated heterocycles.